The van der Waals surface area contributed by atoms with Crippen LogP contribution in [0, 0.1) is 17.8 Å². The maximum absolute atomic E-state index is 6.19. The largest absolute Gasteiger partial charge is 0.372 e. The number of fused-ring (bicyclic) bond motifs is 3. The van der Waals surface area contributed by atoms with E-state index in [1.807, 2.05) is 30.3 Å². The van der Waals surface area contributed by atoms with Gasteiger partial charge in [0.15, 0.2) is 0 Å². The maximum Gasteiger partial charge on any atom is 0.0735 e. The zero-order chi connectivity index (χ0) is 16.2. The third kappa shape index (κ3) is 3.70. The molecule has 2 aromatic carbocycles. The minimum atomic E-state index is 0.421. The van der Waals surface area contributed by atoms with Crippen molar-refractivity contribution in [3.05, 3.63) is 71.3 Å². The molecule has 0 aliphatic carbocycles. The smallest absolute Gasteiger partial charge is 0.0735 e. The van der Waals surface area contributed by atoms with Gasteiger partial charge < -0.3 is 9.64 Å². The van der Waals surface area contributed by atoms with Gasteiger partial charge in [0, 0.05) is 17.7 Å². The molecule has 0 N–H and O–H groups in total. The van der Waals surface area contributed by atoms with E-state index in [9.17, 15) is 0 Å². The first-order valence-corrected chi connectivity index (χ1v) is 8.87. The van der Waals surface area contributed by atoms with Gasteiger partial charge in [0.05, 0.1) is 12.7 Å². The number of hydrogen-bond donors (Lipinski definition) is 0. The van der Waals surface area contributed by atoms with Crippen LogP contribution >= 0.6 is 0 Å². The van der Waals surface area contributed by atoms with Crippen LogP contribution in [-0.2, 0) is 11.3 Å². The summed E-state index contributed by atoms with van der Waals surface area (Å²) in [7, 11) is 0. The molecule has 0 amide bonds. The standard InChI is InChI=1S/C22H23NO/c1-2-4-18(5-3-1)6-7-19-8-10-20(11-9-19)17-24-22-16-23-14-12-21(22)13-15-23/h1-5,8-11,21-22H,12-17H2. The van der Waals surface area contributed by atoms with E-state index in [0.717, 1.165) is 23.6 Å². The molecule has 3 aliphatic heterocycles. The fourth-order valence-corrected chi connectivity index (χ4v) is 3.65. The van der Waals surface area contributed by atoms with Gasteiger partial charge in [-0.15, -0.1) is 0 Å². The molecule has 2 nitrogen and oxygen atoms in total. The quantitative estimate of drug-likeness (QED) is 0.801. The van der Waals surface area contributed by atoms with Crippen molar-refractivity contribution in [2.24, 2.45) is 5.92 Å². The molecule has 122 valence electrons. The zero-order valence-corrected chi connectivity index (χ0v) is 13.9. The second-order valence-electron chi connectivity index (χ2n) is 6.80. The van der Waals surface area contributed by atoms with Crippen LogP contribution < -0.4 is 0 Å². The summed E-state index contributed by atoms with van der Waals surface area (Å²) in [5, 5.41) is 0. The lowest BCUT2D eigenvalue weighted by atomic mass is 9.86. The van der Waals surface area contributed by atoms with Crippen LogP contribution in [0.2, 0.25) is 0 Å². The first kappa shape index (κ1) is 15.4. The summed E-state index contributed by atoms with van der Waals surface area (Å²) >= 11 is 0. The van der Waals surface area contributed by atoms with Crippen molar-refractivity contribution in [2.45, 2.75) is 25.6 Å². The van der Waals surface area contributed by atoms with Crippen molar-refractivity contribution < 1.29 is 4.74 Å². The molecule has 5 rings (SSSR count). The van der Waals surface area contributed by atoms with E-state index in [2.05, 4.69) is 41.0 Å². The first-order chi connectivity index (χ1) is 11.9. The molecule has 3 fully saturated rings. The highest BCUT2D eigenvalue weighted by atomic mass is 16.5. The van der Waals surface area contributed by atoms with Gasteiger partial charge in [-0.05, 0) is 61.7 Å². The Morgan fingerprint density at radius 3 is 2.17 bits per heavy atom. The van der Waals surface area contributed by atoms with Gasteiger partial charge in [0.25, 0.3) is 0 Å². The second kappa shape index (κ2) is 7.21. The average molecular weight is 317 g/mol. The second-order valence-corrected chi connectivity index (χ2v) is 6.80. The van der Waals surface area contributed by atoms with E-state index in [0.29, 0.717) is 12.7 Å². The molecule has 0 saturated carbocycles. The predicted octanol–water partition coefficient (Wildman–Crippen LogP) is 3.70. The van der Waals surface area contributed by atoms with Crippen LogP contribution in [-0.4, -0.2) is 30.6 Å². The van der Waals surface area contributed by atoms with Crippen LogP contribution in [0.3, 0.4) is 0 Å². The lowest BCUT2D eigenvalue weighted by molar-refractivity contribution is -0.0765. The van der Waals surface area contributed by atoms with Crippen molar-refractivity contribution >= 4 is 0 Å². The van der Waals surface area contributed by atoms with Gasteiger partial charge >= 0.3 is 0 Å². The third-order valence-corrected chi connectivity index (χ3v) is 5.14. The molecule has 1 unspecified atom stereocenters. The summed E-state index contributed by atoms with van der Waals surface area (Å²) in [6.45, 7) is 4.35. The van der Waals surface area contributed by atoms with Crippen molar-refractivity contribution in [2.75, 3.05) is 19.6 Å². The molecular formula is C22H23NO. The van der Waals surface area contributed by atoms with Crippen LogP contribution in [0.5, 0.6) is 0 Å². The van der Waals surface area contributed by atoms with E-state index in [4.69, 9.17) is 4.74 Å². The summed E-state index contributed by atoms with van der Waals surface area (Å²) in [4.78, 5) is 2.53. The average Bonchev–Trinajstić information content (AvgIpc) is 2.67. The molecule has 24 heavy (non-hydrogen) atoms. The summed E-state index contributed by atoms with van der Waals surface area (Å²) in [6, 6.07) is 18.5. The Morgan fingerprint density at radius 2 is 1.54 bits per heavy atom. The molecule has 3 aliphatic rings. The maximum atomic E-state index is 6.19. The monoisotopic (exact) mass is 317 g/mol. The van der Waals surface area contributed by atoms with Gasteiger partial charge in [-0.25, -0.2) is 0 Å². The lowest BCUT2D eigenvalue weighted by Gasteiger charge is -2.44. The molecule has 3 saturated heterocycles. The molecule has 1 atom stereocenters. The Labute approximate surface area is 144 Å². The van der Waals surface area contributed by atoms with E-state index in [1.54, 1.807) is 0 Å². The molecule has 2 aromatic rings. The Balaban J connectivity index is 1.34. The van der Waals surface area contributed by atoms with Gasteiger partial charge in [-0.1, -0.05) is 42.2 Å². The first-order valence-electron chi connectivity index (χ1n) is 8.87. The van der Waals surface area contributed by atoms with Gasteiger partial charge in [0.1, 0.15) is 0 Å². The van der Waals surface area contributed by atoms with Crippen LogP contribution in [0.1, 0.15) is 29.5 Å². The molecule has 3 heterocycles. The van der Waals surface area contributed by atoms with E-state index >= 15 is 0 Å². The number of ether oxygens (including phenoxy) is 1. The van der Waals surface area contributed by atoms with Gasteiger partial charge in [-0.3, -0.25) is 0 Å². The summed E-state index contributed by atoms with van der Waals surface area (Å²) in [5.74, 6) is 7.18. The Morgan fingerprint density at radius 1 is 0.875 bits per heavy atom. The zero-order valence-electron chi connectivity index (χ0n) is 13.9. The highest BCUT2D eigenvalue weighted by Crippen LogP contribution is 2.30. The summed E-state index contributed by atoms with van der Waals surface area (Å²) in [6.07, 6.45) is 3.03. The normalized spacial score (nSPS) is 25.1. The van der Waals surface area contributed by atoms with Crippen molar-refractivity contribution in [3.8, 4) is 11.8 Å². The Bertz CT molecular complexity index is 718. The van der Waals surface area contributed by atoms with E-state index < -0.39 is 0 Å². The minimum Gasteiger partial charge on any atom is -0.372 e. The van der Waals surface area contributed by atoms with Crippen LogP contribution in [0.15, 0.2) is 54.6 Å². The van der Waals surface area contributed by atoms with Crippen molar-refractivity contribution in [3.63, 3.8) is 0 Å². The minimum absolute atomic E-state index is 0.421. The van der Waals surface area contributed by atoms with Crippen LogP contribution in [0.4, 0.5) is 0 Å². The predicted molar refractivity (Wildman–Crippen MR) is 96.6 cm³/mol. The van der Waals surface area contributed by atoms with E-state index in [-0.39, 0.29) is 0 Å². The molecule has 0 spiro atoms. The Hall–Kier alpha value is -2.08. The highest BCUT2D eigenvalue weighted by Gasteiger charge is 2.34. The van der Waals surface area contributed by atoms with Gasteiger partial charge in [0.2, 0.25) is 0 Å². The van der Waals surface area contributed by atoms with Gasteiger partial charge in [-0.2, -0.15) is 0 Å². The number of piperidine rings is 3. The number of benzene rings is 2. The number of rotatable bonds is 3. The molecular weight excluding hydrogens is 294 g/mol. The fourth-order valence-electron chi connectivity index (χ4n) is 3.65. The molecule has 0 radical (unpaired) electrons. The molecule has 2 bridgehead atoms. The number of hydrogen-bond acceptors (Lipinski definition) is 2. The molecule has 2 heteroatoms. The Kier molecular flexibility index (Phi) is 4.64. The summed E-state index contributed by atoms with van der Waals surface area (Å²) in [5.41, 5.74) is 3.33. The topological polar surface area (TPSA) is 12.5 Å². The number of nitrogens with zero attached hydrogens (tertiary/aromatic N) is 1. The third-order valence-electron chi connectivity index (χ3n) is 5.14. The van der Waals surface area contributed by atoms with Crippen molar-refractivity contribution in [1.82, 2.24) is 4.90 Å². The SMILES string of the molecule is C(#Cc1ccc(COC2CN3CCC2CC3)cc1)c1ccccc1. The lowest BCUT2D eigenvalue weighted by Crippen LogP contribution is -2.51. The van der Waals surface area contributed by atoms with Crippen molar-refractivity contribution in [1.29, 1.82) is 0 Å². The van der Waals surface area contributed by atoms with Crippen LogP contribution in [0.25, 0.3) is 0 Å². The summed E-state index contributed by atoms with van der Waals surface area (Å²) < 4.78 is 6.19. The highest BCUT2D eigenvalue weighted by molar-refractivity contribution is 5.43. The van der Waals surface area contributed by atoms with E-state index in [1.165, 1.54) is 31.5 Å². The fraction of sp³-hybridized carbons (Fsp3) is 0.364. The molecule has 0 aromatic heterocycles.